The number of nitrogen functional groups attached to an aromatic ring is 1. The first kappa shape index (κ1) is 12.1. The van der Waals surface area contributed by atoms with Crippen LogP contribution < -0.4 is 10.5 Å². The highest BCUT2D eigenvalue weighted by atomic mass is 16.5. The topological polar surface area (TPSA) is 35.2 Å². The molecule has 0 saturated heterocycles. The molecule has 0 aliphatic rings. The predicted molar refractivity (Wildman–Crippen MR) is 68.8 cm³/mol. The lowest BCUT2D eigenvalue weighted by Gasteiger charge is -2.09. The van der Waals surface area contributed by atoms with Gasteiger partial charge in [-0.15, -0.1) is 0 Å². The van der Waals surface area contributed by atoms with Gasteiger partial charge in [-0.3, -0.25) is 0 Å². The fourth-order valence-corrected chi connectivity index (χ4v) is 1.36. The molecule has 0 fully saturated rings. The van der Waals surface area contributed by atoms with Crippen LogP contribution in [0.2, 0.25) is 0 Å². The van der Waals surface area contributed by atoms with Crippen LogP contribution in [0.3, 0.4) is 0 Å². The second-order valence-electron chi connectivity index (χ2n) is 3.41. The van der Waals surface area contributed by atoms with Crippen molar-refractivity contribution in [2.24, 2.45) is 0 Å². The maximum absolute atomic E-state index is 5.79. The third kappa shape index (κ3) is 2.54. The van der Waals surface area contributed by atoms with E-state index in [-0.39, 0.29) is 7.43 Å². The van der Waals surface area contributed by atoms with Crippen LogP contribution in [0.1, 0.15) is 13.0 Å². The standard InChI is InChI=1S/C13H13NO.CH4/c1-10-6-2-4-8-12(10)15-13-9-5-3-7-11(13)14;/h2-9H,14H2,1H3;1H4. The Balaban J connectivity index is 0.00000128. The van der Waals surface area contributed by atoms with Crippen LogP contribution in [0, 0.1) is 6.92 Å². The summed E-state index contributed by atoms with van der Waals surface area (Å²) in [5.41, 5.74) is 7.54. The van der Waals surface area contributed by atoms with Gasteiger partial charge in [0.05, 0.1) is 5.69 Å². The maximum Gasteiger partial charge on any atom is 0.150 e. The molecule has 0 aliphatic heterocycles. The zero-order valence-corrected chi connectivity index (χ0v) is 8.60. The second kappa shape index (κ2) is 5.21. The fraction of sp³-hybridized carbons (Fsp3) is 0.143. The minimum Gasteiger partial charge on any atom is -0.455 e. The van der Waals surface area contributed by atoms with Crippen molar-refractivity contribution in [3.05, 3.63) is 54.1 Å². The molecule has 2 nitrogen and oxygen atoms in total. The van der Waals surface area contributed by atoms with Crippen molar-refractivity contribution in [1.29, 1.82) is 0 Å². The molecular weight excluding hydrogens is 198 g/mol. The Morgan fingerprint density at radius 1 is 0.875 bits per heavy atom. The van der Waals surface area contributed by atoms with Gasteiger partial charge < -0.3 is 10.5 Å². The van der Waals surface area contributed by atoms with Crippen LogP contribution >= 0.6 is 0 Å². The summed E-state index contributed by atoms with van der Waals surface area (Å²) in [7, 11) is 0. The number of aryl methyl sites for hydroxylation is 1. The number of anilines is 1. The number of hydrogen-bond acceptors (Lipinski definition) is 2. The van der Waals surface area contributed by atoms with Gasteiger partial charge in [0.1, 0.15) is 11.5 Å². The van der Waals surface area contributed by atoms with Crippen molar-refractivity contribution in [1.82, 2.24) is 0 Å². The second-order valence-corrected chi connectivity index (χ2v) is 3.41. The molecule has 2 rings (SSSR count). The zero-order valence-electron chi connectivity index (χ0n) is 8.60. The van der Waals surface area contributed by atoms with Gasteiger partial charge in [-0.1, -0.05) is 37.8 Å². The molecule has 0 spiro atoms. The fourth-order valence-electron chi connectivity index (χ4n) is 1.36. The molecule has 2 aromatic rings. The van der Waals surface area contributed by atoms with Crippen LogP contribution in [-0.2, 0) is 0 Å². The van der Waals surface area contributed by atoms with Gasteiger partial charge in [-0.25, -0.2) is 0 Å². The smallest absolute Gasteiger partial charge is 0.150 e. The number of rotatable bonds is 2. The Labute approximate surface area is 96.7 Å². The first-order chi connectivity index (χ1) is 7.27. The molecule has 0 unspecified atom stereocenters. The first-order valence-corrected chi connectivity index (χ1v) is 4.85. The molecule has 0 aliphatic carbocycles. The summed E-state index contributed by atoms with van der Waals surface area (Å²) < 4.78 is 5.71. The largest absolute Gasteiger partial charge is 0.455 e. The SMILES string of the molecule is C.Cc1ccccc1Oc1ccccc1N. The van der Waals surface area contributed by atoms with Crippen molar-refractivity contribution in [3.8, 4) is 11.5 Å². The van der Waals surface area contributed by atoms with Crippen LogP contribution in [0.5, 0.6) is 11.5 Å². The lowest BCUT2D eigenvalue weighted by Crippen LogP contribution is -1.92. The molecule has 2 N–H and O–H groups in total. The van der Waals surface area contributed by atoms with Gasteiger partial charge in [0.15, 0.2) is 0 Å². The van der Waals surface area contributed by atoms with Crippen LogP contribution in [0.15, 0.2) is 48.5 Å². The Bertz CT molecular complexity index is 422. The van der Waals surface area contributed by atoms with E-state index in [1.807, 2.05) is 55.5 Å². The predicted octanol–water partition coefficient (Wildman–Crippen LogP) is 4.01. The van der Waals surface area contributed by atoms with Gasteiger partial charge in [0, 0.05) is 0 Å². The number of ether oxygens (including phenoxy) is 1. The van der Waals surface area contributed by atoms with E-state index in [2.05, 4.69) is 0 Å². The van der Waals surface area contributed by atoms with E-state index >= 15 is 0 Å². The van der Waals surface area contributed by atoms with E-state index in [0.717, 1.165) is 11.3 Å². The van der Waals surface area contributed by atoms with E-state index in [1.54, 1.807) is 0 Å². The average molecular weight is 215 g/mol. The van der Waals surface area contributed by atoms with E-state index in [0.29, 0.717) is 11.4 Å². The summed E-state index contributed by atoms with van der Waals surface area (Å²) >= 11 is 0. The summed E-state index contributed by atoms with van der Waals surface area (Å²) in [6.07, 6.45) is 0. The summed E-state index contributed by atoms with van der Waals surface area (Å²) in [5.74, 6) is 1.54. The molecule has 0 atom stereocenters. The van der Waals surface area contributed by atoms with Gasteiger partial charge in [-0.05, 0) is 30.7 Å². The molecule has 0 radical (unpaired) electrons. The van der Waals surface area contributed by atoms with Crippen LogP contribution in [0.25, 0.3) is 0 Å². The molecule has 2 aromatic carbocycles. The molecule has 84 valence electrons. The maximum atomic E-state index is 5.79. The molecule has 0 saturated carbocycles. The van der Waals surface area contributed by atoms with Crippen molar-refractivity contribution in [3.63, 3.8) is 0 Å². The summed E-state index contributed by atoms with van der Waals surface area (Å²) in [6, 6.07) is 15.4. The van der Waals surface area contributed by atoms with Crippen molar-refractivity contribution in [2.75, 3.05) is 5.73 Å². The van der Waals surface area contributed by atoms with E-state index in [4.69, 9.17) is 10.5 Å². The van der Waals surface area contributed by atoms with Crippen molar-refractivity contribution >= 4 is 5.69 Å². The first-order valence-electron chi connectivity index (χ1n) is 4.85. The highest BCUT2D eigenvalue weighted by Crippen LogP contribution is 2.28. The normalized spacial score (nSPS) is 9.31. The number of hydrogen-bond donors (Lipinski definition) is 1. The number of para-hydroxylation sites is 3. The highest BCUT2D eigenvalue weighted by molar-refractivity contribution is 5.54. The van der Waals surface area contributed by atoms with Gasteiger partial charge in [0.25, 0.3) is 0 Å². The monoisotopic (exact) mass is 215 g/mol. The minimum absolute atomic E-state index is 0. The Kier molecular flexibility index (Phi) is 3.95. The van der Waals surface area contributed by atoms with Crippen LogP contribution in [-0.4, -0.2) is 0 Å². The zero-order chi connectivity index (χ0) is 10.7. The molecule has 0 amide bonds. The molecular formula is C14H17NO. The van der Waals surface area contributed by atoms with Crippen LogP contribution in [0.4, 0.5) is 5.69 Å². The summed E-state index contributed by atoms with van der Waals surface area (Å²) in [6.45, 7) is 2.01. The molecule has 16 heavy (non-hydrogen) atoms. The van der Waals surface area contributed by atoms with Gasteiger partial charge in [-0.2, -0.15) is 0 Å². The third-order valence-electron chi connectivity index (χ3n) is 2.23. The minimum atomic E-state index is 0. The molecule has 2 heteroatoms. The average Bonchev–Trinajstić information content (AvgIpc) is 2.24. The number of nitrogens with two attached hydrogens (primary N) is 1. The van der Waals surface area contributed by atoms with Gasteiger partial charge in [0.2, 0.25) is 0 Å². The Morgan fingerprint density at radius 2 is 1.44 bits per heavy atom. The van der Waals surface area contributed by atoms with Gasteiger partial charge >= 0.3 is 0 Å². The Morgan fingerprint density at radius 3 is 2.06 bits per heavy atom. The van der Waals surface area contributed by atoms with E-state index < -0.39 is 0 Å². The summed E-state index contributed by atoms with van der Waals surface area (Å²) in [5, 5.41) is 0. The quantitative estimate of drug-likeness (QED) is 0.768. The molecule has 0 aromatic heterocycles. The summed E-state index contributed by atoms with van der Waals surface area (Å²) in [4.78, 5) is 0. The Hall–Kier alpha value is -1.96. The van der Waals surface area contributed by atoms with E-state index in [9.17, 15) is 0 Å². The van der Waals surface area contributed by atoms with Crippen molar-refractivity contribution < 1.29 is 4.74 Å². The third-order valence-corrected chi connectivity index (χ3v) is 2.23. The lowest BCUT2D eigenvalue weighted by molar-refractivity contribution is 0.481. The molecule has 0 heterocycles. The molecule has 0 bridgehead atoms. The van der Waals surface area contributed by atoms with Crippen molar-refractivity contribution in [2.45, 2.75) is 14.4 Å². The highest BCUT2D eigenvalue weighted by Gasteiger charge is 2.02. The lowest BCUT2D eigenvalue weighted by atomic mass is 10.2. The van der Waals surface area contributed by atoms with E-state index in [1.165, 1.54) is 0 Å². The number of benzene rings is 2.